The Kier molecular flexibility index (Phi) is 6.87. The summed E-state index contributed by atoms with van der Waals surface area (Å²) in [5, 5.41) is 3.27. The van der Waals surface area contributed by atoms with Crippen molar-refractivity contribution in [3.05, 3.63) is 23.3 Å². The summed E-state index contributed by atoms with van der Waals surface area (Å²) in [5.74, 6) is -0.416. The first-order chi connectivity index (χ1) is 9.60. The van der Waals surface area contributed by atoms with Crippen LogP contribution in [0, 0.1) is 6.92 Å². The molecule has 112 valence electrons. The number of esters is 1. The summed E-state index contributed by atoms with van der Waals surface area (Å²) in [6.07, 6.45) is 1.95. The van der Waals surface area contributed by atoms with Crippen LogP contribution in [0.4, 0.5) is 11.4 Å². The number of hydrogen-bond acceptors (Lipinski definition) is 5. The first-order valence-corrected chi connectivity index (χ1v) is 6.90. The zero-order valence-corrected chi connectivity index (χ0v) is 12.5. The molecule has 20 heavy (non-hydrogen) atoms. The number of rotatable bonds is 8. The number of ether oxygens (including phenoxy) is 2. The molecule has 0 atom stereocenters. The Morgan fingerprint density at radius 3 is 2.75 bits per heavy atom. The Morgan fingerprint density at radius 2 is 2.10 bits per heavy atom. The normalized spacial score (nSPS) is 10.3. The minimum absolute atomic E-state index is 0.400. The van der Waals surface area contributed by atoms with Gasteiger partial charge in [-0.2, -0.15) is 0 Å². The van der Waals surface area contributed by atoms with Crippen molar-refractivity contribution < 1.29 is 14.3 Å². The van der Waals surface area contributed by atoms with E-state index < -0.39 is 5.97 Å². The van der Waals surface area contributed by atoms with E-state index in [0.717, 1.165) is 43.9 Å². The maximum Gasteiger partial charge on any atom is 0.340 e. The van der Waals surface area contributed by atoms with E-state index in [1.54, 1.807) is 6.07 Å². The van der Waals surface area contributed by atoms with E-state index >= 15 is 0 Å². The Balaban J connectivity index is 2.58. The third kappa shape index (κ3) is 4.74. The molecule has 1 aromatic rings. The smallest absolute Gasteiger partial charge is 0.340 e. The Labute approximate surface area is 120 Å². The summed E-state index contributed by atoms with van der Waals surface area (Å²) in [7, 11) is 1.35. The number of aryl methyl sites for hydroxylation is 1. The van der Waals surface area contributed by atoms with E-state index in [-0.39, 0.29) is 0 Å². The third-order valence-corrected chi connectivity index (χ3v) is 2.94. The second kappa shape index (κ2) is 8.43. The third-order valence-electron chi connectivity index (χ3n) is 2.94. The van der Waals surface area contributed by atoms with E-state index in [0.29, 0.717) is 11.3 Å². The van der Waals surface area contributed by atoms with Crippen molar-refractivity contribution in [3.63, 3.8) is 0 Å². The van der Waals surface area contributed by atoms with Crippen molar-refractivity contribution in [2.75, 3.05) is 37.9 Å². The lowest BCUT2D eigenvalue weighted by Gasteiger charge is -2.12. The first kappa shape index (κ1) is 16.3. The average molecular weight is 280 g/mol. The number of anilines is 2. The van der Waals surface area contributed by atoms with Gasteiger partial charge in [-0.05, 0) is 37.5 Å². The highest BCUT2D eigenvalue weighted by molar-refractivity contribution is 5.97. The predicted octanol–water partition coefficient (Wildman–Crippen LogP) is 2.59. The molecule has 0 aliphatic carbocycles. The van der Waals surface area contributed by atoms with Gasteiger partial charge in [0, 0.05) is 31.1 Å². The maximum absolute atomic E-state index is 11.6. The Morgan fingerprint density at radius 1 is 1.35 bits per heavy atom. The molecular weight excluding hydrogens is 256 g/mol. The van der Waals surface area contributed by atoms with Crippen LogP contribution in [0.5, 0.6) is 0 Å². The van der Waals surface area contributed by atoms with Crippen molar-refractivity contribution >= 4 is 17.3 Å². The van der Waals surface area contributed by atoms with Crippen LogP contribution in [0.25, 0.3) is 0 Å². The molecule has 0 bridgehead atoms. The van der Waals surface area contributed by atoms with Gasteiger partial charge in [0.15, 0.2) is 0 Å². The quantitative estimate of drug-likeness (QED) is 0.435. The monoisotopic (exact) mass is 280 g/mol. The van der Waals surface area contributed by atoms with Gasteiger partial charge >= 0.3 is 5.97 Å². The van der Waals surface area contributed by atoms with E-state index in [4.69, 9.17) is 15.2 Å². The second-order valence-corrected chi connectivity index (χ2v) is 4.64. The minimum Gasteiger partial charge on any atom is -0.465 e. The van der Waals surface area contributed by atoms with E-state index in [9.17, 15) is 4.79 Å². The molecular formula is C15H24N2O3. The summed E-state index contributed by atoms with van der Waals surface area (Å²) in [4.78, 5) is 11.6. The van der Waals surface area contributed by atoms with Gasteiger partial charge < -0.3 is 20.5 Å². The topological polar surface area (TPSA) is 73.6 Å². The lowest BCUT2D eigenvalue weighted by molar-refractivity contribution is 0.0602. The highest BCUT2D eigenvalue weighted by atomic mass is 16.5. The van der Waals surface area contributed by atoms with Gasteiger partial charge in [0.2, 0.25) is 0 Å². The molecule has 0 saturated heterocycles. The fraction of sp³-hybridized carbons (Fsp3) is 0.533. The summed E-state index contributed by atoms with van der Waals surface area (Å²) >= 11 is 0. The number of hydrogen-bond donors (Lipinski definition) is 2. The van der Waals surface area contributed by atoms with Crippen molar-refractivity contribution in [2.45, 2.75) is 26.7 Å². The molecule has 0 radical (unpaired) electrons. The van der Waals surface area contributed by atoms with Crippen LogP contribution < -0.4 is 11.1 Å². The number of nitrogen functional groups attached to an aromatic ring is 1. The second-order valence-electron chi connectivity index (χ2n) is 4.64. The predicted molar refractivity (Wildman–Crippen MR) is 81.1 cm³/mol. The fourth-order valence-corrected chi connectivity index (χ4v) is 1.83. The van der Waals surface area contributed by atoms with Gasteiger partial charge in [-0.15, -0.1) is 0 Å². The minimum atomic E-state index is -0.416. The van der Waals surface area contributed by atoms with Gasteiger partial charge in [-0.1, -0.05) is 6.92 Å². The van der Waals surface area contributed by atoms with Crippen LogP contribution in [0.15, 0.2) is 12.1 Å². The zero-order chi connectivity index (χ0) is 15.0. The fourth-order valence-electron chi connectivity index (χ4n) is 1.83. The van der Waals surface area contributed by atoms with Gasteiger partial charge in [0.1, 0.15) is 0 Å². The van der Waals surface area contributed by atoms with Crippen molar-refractivity contribution in [2.24, 2.45) is 0 Å². The largest absolute Gasteiger partial charge is 0.465 e. The molecule has 0 aliphatic heterocycles. The average Bonchev–Trinajstić information content (AvgIpc) is 2.45. The Bertz CT molecular complexity index is 447. The molecule has 0 spiro atoms. The summed E-state index contributed by atoms with van der Waals surface area (Å²) in [5.41, 5.74) is 8.48. The van der Waals surface area contributed by atoms with Crippen LogP contribution in [0.2, 0.25) is 0 Å². The lowest BCUT2D eigenvalue weighted by atomic mass is 10.1. The van der Waals surface area contributed by atoms with E-state index in [1.807, 2.05) is 13.0 Å². The number of nitrogens with two attached hydrogens (primary N) is 1. The molecule has 0 amide bonds. The standard InChI is InChI=1S/C15H24N2O3/c1-4-7-20-8-5-6-17-12-9-11(2)14(16)13(10-12)15(18)19-3/h9-10,17H,4-8,16H2,1-3H3. The summed E-state index contributed by atoms with van der Waals surface area (Å²) in [6, 6.07) is 3.65. The molecule has 5 nitrogen and oxygen atoms in total. The molecule has 0 unspecified atom stereocenters. The van der Waals surface area contributed by atoms with Gasteiger partial charge in [0.05, 0.1) is 12.7 Å². The molecule has 1 rings (SSSR count). The van der Waals surface area contributed by atoms with Gasteiger partial charge in [0.25, 0.3) is 0 Å². The SMILES string of the molecule is CCCOCCCNc1cc(C)c(N)c(C(=O)OC)c1. The number of nitrogens with one attached hydrogen (secondary N) is 1. The van der Waals surface area contributed by atoms with Crippen LogP contribution >= 0.6 is 0 Å². The van der Waals surface area contributed by atoms with E-state index in [1.165, 1.54) is 7.11 Å². The van der Waals surface area contributed by atoms with E-state index in [2.05, 4.69) is 12.2 Å². The van der Waals surface area contributed by atoms with Crippen LogP contribution in [-0.4, -0.2) is 32.8 Å². The van der Waals surface area contributed by atoms with Gasteiger partial charge in [-0.3, -0.25) is 0 Å². The number of carbonyl (C=O) groups excluding carboxylic acids is 1. The molecule has 0 aromatic heterocycles. The molecule has 5 heteroatoms. The lowest BCUT2D eigenvalue weighted by Crippen LogP contribution is -2.10. The number of carbonyl (C=O) groups is 1. The van der Waals surface area contributed by atoms with Crippen molar-refractivity contribution in [3.8, 4) is 0 Å². The van der Waals surface area contributed by atoms with Crippen molar-refractivity contribution in [1.82, 2.24) is 0 Å². The highest BCUT2D eigenvalue weighted by Gasteiger charge is 2.13. The molecule has 0 aliphatic rings. The molecule has 0 fully saturated rings. The van der Waals surface area contributed by atoms with Crippen molar-refractivity contribution in [1.29, 1.82) is 0 Å². The van der Waals surface area contributed by atoms with Crippen LogP contribution in [0.1, 0.15) is 35.7 Å². The Hall–Kier alpha value is -1.75. The summed E-state index contributed by atoms with van der Waals surface area (Å²) in [6.45, 7) is 6.28. The number of methoxy groups -OCH3 is 1. The van der Waals surface area contributed by atoms with Crippen LogP contribution in [0.3, 0.4) is 0 Å². The number of benzene rings is 1. The first-order valence-electron chi connectivity index (χ1n) is 6.90. The molecule has 0 heterocycles. The maximum atomic E-state index is 11.6. The molecule has 0 saturated carbocycles. The highest BCUT2D eigenvalue weighted by Crippen LogP contribution is 2.23. The summed E-state index contributed by atoms with van der Waals surface area (Å²) < 4.78 is 10.1. The van der Waals surface area contributed by atoms with Crippen LogP contribution in [-0.2, 0) is 9.47 Å². The zero-order valence-electron chi connectivity index (χ0n) is 12.5. The van der Waals surface area contributed by atoms with Gasteiger partial charge in [-0.25, -0.2) is 4.79 Å². The molecule has 3 N–H and O–H groups in total. The molecule has 1 aromatic carbocycles.